The van der Waals surface area contributed by atoms with Gasteiger partial charge in [-0.3, -0.25) is 4.31 Å². The Hall–Kier alpha value is -1.52. The highest BCUT2D eigenvalue weighted by Gasteiger charge is 2.29. The van der Waals surface area contributed by atoms with E-state index < -0.39 is 10.0 Å². The second-order valence-electron chi connectivity index (χ2n) is 4.53. The van der Waals surface area contributed by atoms with E-state index in [2.05, 4.69) is 0 Å². The first kappa shape index (κ1) is 12.5. The van der Waals surface area contributed by atoms with Crippen molar-refractivity contribution in [3.8, 4) is 0 Å². The van der Waals surface area contributed by atoms with Crippen molar-refractivity contribution < 1.29 is 8.42 Å². The van der Waals surface area contributed by atoms with Crippen LogP contribution < -0.4 is 4.31 Å². The van der Waals surface area contributed by atoms with Crippen molar-refractivity contribution in [3.05, 3.63) is 58.6 Å². The number of fused-ring (bicyclic) bond motifs is 2. The Bertz CT molecular complexity index is 756. The van der Waals surface area contributed by atoms with Crippen molar-refractivity contribution in [2.45, 2.75) is 11.3 Å². The molecule has 0 saturated heterocycles. The average molecular weight is 294 g/mol. The molecule has 0 fully saturated rings. The summed E-state index contributed by atoms with van der Waals surface area (Å²) < 4.78 is 26.5. The van der Waals surface area contributed by atoms with E-state index in [1.165, 1.54) is 10.4 Å². The minimum absolute atomic E-state index is 0.290. The average Bonchev–Trinajstić information content (AvgIpc) is 2.47. The largest absolute Gasteiger partial charge is 0.269 e. The Morgan fingerprint density at radius 1 is 1.11 bits per heavy atom. The zero-order valence-corrected chi connectivity index (χ0v) is 11.9. The lowest BCUT2D eigenvalue weighted by atomic mass is 10.0. The van der Waals surface area contributed by atoms with Gasteiger partial charge in [0.05, 0.1) is 10.6 Å². The van der Waals surface area contributed by atoms with Crippen molar-refractivity contribution in [1.82, 2.24) is 0 Å². The molecule has 3 nitrogen and oxygen atoms in total. The summed E-state index contributed by atoms with van der Waals surface area (Å²) in [6, 6.07) is 12.6. The molecule has 0 unspecified atom stereocenters. The molecule has 0 amide bonds. The van der Waals surface area contributed by atoms with Crippen LogP contribution in [0.5, 0.6) is 0 Å². The quantitative estimate of drug-likeness (QED) is 0.748. The van der Waals surface area contributed by atoms with Gasteiger partial charge in [0.25, 0.3) is 10.0 Å². The van der Waals surface area contributed by atoms with Crippen LogP contribution in [0.4, 0.5) is 5.69 Å². The molecule has 2 aromatic carbocycles. The highest BCUT2D eigenvalue weighted by molar-refractivity contribution is 7.92. The minimum Gasteiger partial charge on any atom is -0.269 e. The van der Waals surface area contributed by atoms with Gasteiger partial charge in [0.1, 0.15) is 0 Å². The molecule has 5 heteroatoms. The van der Waals surface area contributed by atoms with E-state index in [1.807, 2.05) is 24.3 Å². The standard InChI is InChI=1S/C14H12ClNO2S/c1-16-13-5-3-2-4-10(13)8-11-6-7-12(15)9-14(11)19(16,17)18/h2-7,9H,8H2,1H3. The Morgan fingerprint density at radius 2 is 1.84 bits per heavy atom. The molecule has 0 spiro atoms. The maximum absolute atomic E-state index is 12.6. The van der Waals surface area contributed by atoms with Gasteiger partial charge < -0.3 is 0 Å². The van der Waals surface area contributed by atoms with Crippen LogP contribution in [0.2, 0.25) is 5.02 Å². The third kappa shape index (κ3) is 1.91. The summed E-state index contributed by atoms with van der Waals surface area (Å²) in [5, 5.41) is 0.432. The number of anilines is 1. The monoisotopic (exact) mass is 293 g/mol. The predicted molar refractivity (Wildman–Crippen MR) is 76.3 cm³/mol. The van der Waals surface area contributed by atoms with Crippen molar-refractivity contribution in [2.24, 2.45) is 0 Å². The molecule has 0 aliphatic carbocycles. The van der Waals surface area contributed by atoms with Crippen molar-refractivity contribution >= 4 is 27.3 Å². The van der Waals surface area contributed by atoms with Gasteiger partial charge in [0.2, 0.25) is 0 Å². The Morgan fingerprint density at radius 3 is 2.63 bits per heavy atom. The molecule has 0 atom stereocenters. The molecule has 3 rings (SSSR count). The molecule has 1 aliphatic rings. The molecule has 0 saturated carbocycles. The second-order valence-corrected chi connectivity index (χ2v) is 6.90. The SMILES string of the molecule is CN1c2ccccc2Cc2ccc(Cl)cc2S1(=O)=O. The number of hydrogen-bond acceptors (Lipinski definition) is 2. The van der Waals surface area contributed by atoms with Gasteiger partial charge >= 0.3 is 0 Å². The molecule has 0 radical (unpaired) electrons. The number of hydrogen-bond donors (Lipinski definition) is 0. The lowest BCUT2D eigenvalue weighted by Gasteiger charge is -2.19. The highest BCUT2D eigenvalue weighted by atomic mass is 35.5. The number of halogens is 1. The fraction of sp³-hybridized carbons (Fsp3) is 0.143. The van der Waals surface area contributed by atoms with Gasteiger partial charge in [-0.1, -0.05) is 35.9 Å². The van der Waals surface area contributed by atoms with Crippen molar-refractivity contribution in [1.29, 1.82) is 0 Å². The van der Waals surface area contributed by atoms with E-state index in [9.17, 15) is 8.42 Å². The first-order chi connectivity index (χ1) is 9.00. The summed E-state index contributed by atoms with van der Waals surface area (Å²) in [7, 11) is -1.97. The zero-order valence-electron chi connectivity index (χ0n) is 10.3. The van der Waals surface area contributed by atoms with Crippen LogP contribution in [0.25, 0.3) is 0 Å². The fourth-order valence-electron chi connectivity index (χ4n) is 2.36. The third-order valence-corrected chi connectivity index (χ3v) is 5.47. The molecule has 19 heavy (non-hydrogen) atoms. The summed E-state index contributed by atoms with van der Waals surface area (Å²) in [4.78, 5) is 0.290. The Kier molecular flexibility index (Phi) is 2.80. The summed E-state index contributed by atoms with van der Waals surface area (Å²) in [5.41, 5.74) is 2.49. The molecule has 1 aliphatic heterocycles. The maximum Gasteiger partial charge on any atom is 0.264 e. The van der Waals surface area contributed by atoms with Gasteiger partial charge in [-0.25, -0.2) is 8.42 Å². The third-order valence-electron chi connectivity index (χ3n) is 3.38. The normalized spacial score (nSPS) is 16.4. The lowest BCUT2D eigenvalue weighted by molar-refractivity contribution is 0.594. The van der Waals surface area contributed by atoms with E-state index in [0.29, 0.717) is 16.3 Å². The van der Waals surface area contributed by atoms with Gasteiger partial charge in [-0.05, 0) is 29.3 Å². The molecular weight excluding hydrogens is 282 g/mol. The van der Waals surface area contributed by atoms with Crippen LogP contribution >= 0.6 is 11.6 Å². The lowest BCUT2D eigenvalue weighted by Crippen LogP contribution is -2.26. The highest BCUT2D eigenvalue weighted by Crippen LogP contribution is 2.34. The van der Waals surface area contributed by atoms with Crippen LogP contribution in [0.3, 0.4) is 0 Å². The van der Waals surface area contributed by atoms with E-state index in [0.717, 1.165) is 16.8 Å². The number of rotatable bonds is 0. The van der Waals surface area contributed by atoms with Crippen molar-refractivity contribution in [2.75, 3.05) is 11.4 Å². The van der Waals surface area contributed by atoms with Gasteiger partial charge in [0, 0.05) is 18.5 Å². The summed E-state index contributed by atoms with van der Waals surface area (Å²) in [6.07, 6.45) is 0.590. The Labute approximate surface area is 117 Å². The van der Waals surface area contributed by atoms with Crippen LogP contribution in [0.1, 0.15) is 11.1 Å². The van der Waals surface area contributed by atoms with Crippen molar-refractivity contribution in [3.63, 3.8) is 0 Å². The molecule has 98 valence electrons. The van der Waals surface area contributed by atoms with Crippen LogP contribution in [0.15, 0.2) is 47.4 Å². The molecule has 2 aromatic rings. The first-order valence-electron chi connectivity index (χ1n) is 5.85. The van der Waals surface area contributed by atoms with Gasteiger partial charge in [-0.2, -0.15) is 0 Å². The molecule has 0 N–H and O–H groups in total. The van der Waals surface area contributed by atoms with Gasteiger partial charge in [0.15, 0.2) is 0 Å². The molecule has 0 aromatic heterocycles. The molecule has 0 bridgehead atoms. The Balaban J connectivity index is 2.34. The number of para-hydroxylation sites is 1. The van der Waals surface area contributed by atoms with Crippen LogP contribution in [-0.4, -0.2) is 15.5 Å². The van der Waals surface area contributed by atoms with E-state index >= 15 is 0 Å². The van der Waals surface area contributed by atoms with E-state index in [1.54, 1.807) is 19.2 Å². The number of nitrogens with zero attached hydrogens (tertiary/aromatic N) is 1. The van der Waals surface area contributed by atoms with E-state index in [4.69, 9.17) is 11.6 Å². The zero-order chi connectivity index (χ0) is 13.6. The maximum atomic E-state index is 12.6. The second kappa shape index (κ2) is 4.25. The first-order valence-corrected chi connectivity index (χ1v) is 7.67. The minimum atomic E-state index is -3.54. The predicted octanol–water partition coefficient (Wildman–Crippen LogP) is 3.07. The van der Waals surface area contributed by atoms with E-state index in [-0.39, 0.29) is 0 Å². The summed E-state index contributed by atoms with van der Waals surface area (Å²) in [5.74, 6) is 0. The smallest absolute Gasteiger partial charge is 0.264 e. The molecule has 1 heterocycles. The van der Waals surface area contributed by atoms with Crippen LogP contribution in [0, 0.1) is 0 Å². The summed E-state index contributed by atoms with van der Waals surface area (Å²) in [6.45, 7) is 0. The number of benzene rings is 2. The van der Waals surface area contributed by atoms with Crippen LogP contribution in [-0.2, 0) is 16.4 Å². The summed E-state index contributed by atoms with van der Waals surface area (Å²) >= 11 is 5.93. The fourth-order valence-corrected chi connectivity index (χ4v) is 4.08. The number of sulfonamides is 1. The van der Waals surface area contributed by atoms with Gasteiger partial charge in [-0.15, -0.1) is 0 Å². The topological polar surface area (TPSA) is 37.4 Å². The molecular formula is C14H12ClNO2S.